The van der Waals surface area contributed by atoms with Crippen molar-refractivity contribution in [3.8, 4) is 5.75 Å². The maximum absolute atomic E-state index is 14.2. The Labute approximate surface area is 166 Å². The van der Waals surface area contributed by atoms with Crippen LogP contribution in [0.2, 0.25) is 0 Å². The molecule has 6 nitrogen and oxygen atoms in total. The molecular formula is C19H14BrF2N3O3. The van der Waals surface area contributed by atoms with Crippen molar-refractivity contribution < 1.29 is 18.3 Å². The highest BCUT2D eigenvalue weighted by molar-refractivity contribution is 9.10. The standard InChI is InChI=1S/C19H14BrF2N3O3/c20-13-2-1-7-23-18(13)17(11-3-5-15(28-10-21)14(22)8-11)25-19(27)12-4-6-16(26)24-9-12/h1-9,17H,10H2,(H,24,26)(H,25,27)/t17-/m0/s1. The van der Waals surface area contributed by atoms with E-state index in [1.165, 1.54) is 36.7 Å². The second-order valence-corrected chi connectivity index (χ2v) is 6.52. The number of ether oxygens (including phenoxy) is 1. The van der Waals surface area contributed by atoms with Gasteiger partial charge in [0, 0.05) is 22.9 Å². The highest BCUT2D eigenvalue weighted by Gasteiger charge is 2.23. The Kier molecular flexibility index (Phi) is 6.15. The molecular weight excluding hydrogens is 436 g/mol. The molecule has 0 saturated carbocycles. The van der Waals surface area contributed by atoms with E-state index in [0.29, 0.717) is 15.7 Å². The van der Waals surface area contributed by atoms with Crippen molar-refractivity contribution >= 4 is 21.8 Å². The molecule has 0 radical (unpaired) electrons. The number of nitrogens with one attached hydrogen (secondary N) is 2. The van der Waals surface area contributed by atoms with E-state index in [-0.39, 0.29) is 16.9 Å². The number of hydrogen-bond acceptors (Lipinski definition) is 4. The quantitative estimate of drug-likeness (QED) is 0.603. The van der Waals surface area contributed by atoms with Crippen molar-refractivity contribution in [2.24, 2.45) is 0 Å². The van der Waals surface area contributed by atoms with Gasteiger partial charge in [-0.05, 0) is 51.8 Å². The fourth-order valence-corrected chi connectivity index (χ4v) is 3.04. The maximum Gasteiger partial charge on any atom is 0.253 e. The minimum atomic E-state index is -1.16. The first-order chi connectivity index (χ1) is 13.5. The number of alkyl halides is 1. The molecule has 0 unspecified atom stereocenters. The summed E-state index contributed by atoms with van der Waals surface area (Å²) in [5, 5.41) is 2.77. The molecule has 0 aliphatic heterocycles. The Morgan fingerprint density at radius 1 is 1.29 bits per heavy atom. The summed E-state index contributed by atoms with van der Waals surface area (Å²) in [5.41, 5.74) is 0.695. The van der Waals surface area contributed by atoms with E-state index in [1.54, 1.807) is 12.1 Å². The number of nitrogens with zero attached hydrogens (tertiary/aromatic N) is 1. The minimum absolute atomic E-state index is 0.217. The number of aromatic nitrogens is 2. The lowest BCUT2D eigenvalue weighted by Crippen LogP contribution is -2.30. The van der Waals surface area contributed by atoms with Crippen molar-refractivity contribution in [2.45, 2.75) is 6.04 Å². The van der Waals surface area contributed by atoms with Crippen LogP contribution in [0, 0.1) is 5.82 Å². The molecule has 0 bridgehead atoms. The Morgan fingerprint density at radius 3 is 2.75 bits per heavy atom. The second-order valence-electron chi connectivity index (χ2n) is 5.66. The van der Waals surface area contributed by atoms with Crippen molar-refractivity contribution in [1.29, 1.82) is 0 Å². The first kappa shape index (κ1) is 19.7. The number of benzene rings is 1. The number of amides is 1. The zero-order chi connectivity index (χ0) is 20.1. The molecule has 0 aliphatic carbocycles. The van der Waals surface area contributed by atoms with E-state index >= 15 is 0 Å². The third kappa shape index (κ3) is 4.42. The molecule has 9 heteroatoms. The molecule has 2 heterocycles. The predicted octanol–water partition coefficient (Wildman–Crippen LogP) is 3.50. The summed E-state index contributed by atoms with van der Waals surface area (Å²) in [6.45, 7) is -1.16. The van der Waals surface area contributed by atoms with Gasteiger partial charge in [0.1, 0.15) is 0 Å². The normalized spacial score (nSPS) is 11.7. The number of carbonyl (C=O) groups excluding carboxylic acids is 1. The summed E-state index contributed by atoms with van der Waals surface area (Å²) in [4.78, 5) is 30.5. The number of H-pyrrole nitrogens is 1. The van der Waals surface area contributed by atoms with Gasteiger partial charge in [0.15, 0.2) is 11.6 Å². The molecule has 28 heavy (non-hydrogen) atoms. The van der Waals surface area contributed by atoms with Crippen molar-refractivity contribution in [2.75, 3.05) is 6.86 Å². The third-order valence-corrected chi connectivity index (χ3v) is 4.55. The zero-order valence-electron chi connectivity index (χ0n) is 14.3. The molecule has 0 spiro atoms. The molecule has 3 aromatic rings. The van der Waals surface area contributed by atoms with Crippen molar-refractivity contribution in [3.63, 3.8) is 0 Å². The number of hydrogen-bond donors (Lipinski definition) is 2. The monoisotopic (exact) mass is 449 g/mol. The largest absolute Gasteiger partial charge is 0.460 e. The van der Waals surface area contributed by atoms with Crippen LogP contribution in [0.4, 0.5) is 8.78 Å². The smallest absolute Gasteiger partial charge is 0.253 e. The SMILES string of the molecule is O=C(N[C@@H](c1ccc(OCF)c(F)c1)c1ncccc1Br)c1ccc(=O)[nH]c1. The summed E-state index contributed by atoms with van der Waals surface area (Å²) >= 11 is 3.38. The molecule has 1 aromatic carbocycles. The van der Waals surface area contributed by atoms with Gasteiger partial charge >= 0.3 is 0 Å². The van der Waals surface area contributed by atoms with Crippen LogP contribution in [0.3, 0.4) is 0 Å². The number of carbonyl (C=O) groups is 1. The third-order valence-electron chi connectivity index (χ3n) is 3.88. The minimum Gasteiger partial charge on any atom is -0.460 e. The summed E-state index contributed by atoms with van der Waals surface area (Å²) in [6, 6.07) is 9.15. The van der Waals surface area contributed by atoms with E-state index in [4.69, 9.17) is 0 Å². The van der Waals surface area contributed by atoms with E-state index in [2.05, 4.69) is 36.0 Å². The lowest BCUT2D eigenvalue weighted by atomic mass is 10.0. The number of halogens is 3. The highest BCUT2D eigenvalue weighted by atomic mass is 79.9. The van der Waals surface area contributed by atoms with Crippen LogP contribution in [-0.2, 0) is 0 Å². The fraction of sp³-hybridized carbons (Fsp3) is 0.105. The van der Waals surface area contributed by atoms with Crippen LogP contribution >= 0.6 is 15.9 Å². The van der Waals surface area contributed by atoms with Crippen LogP contribution in [-0.4, -0.2) is 22.7 Å². The van der Waals surface area contributed by atoms with Crippen LogP contribution in [0.15, 0.2) is 64.1 Å². The second kappa shape index (κ2) is 8.75. The van der Waals surface area contributed by atoms with Gasteiger partial charge in [0.2, 0.25) is 12.4 Å². The van der Waals surface area contributed by atoms with Crippen molar-refractivity contribution in [3.05, 3.63) is 92.3 Å². The molecule has 0 aliphatic rings. The molecule has 2 N–H and O–H groups in total. The lowest BCUT2D eigenvalue weighted by Gasteiger charge is -2.20. The summed E-state index contributed by atoms with van der Waals surface area (Å²) in [6.07, 6.45) is 2.82. The average Bonchev–Trinajstić information content (AvgIpc) is 2.69. The van der Waals surface area contributed by atoms with E-state index < -0.39 is 24.6 Å². The zero-order valence-corrected chi connectivity index (χ0v) is 15.9. The summed E-state index contributed by atoms with van der Waals surface area (Å²) < 4.78 is 31.8. The molecule has 1 amide bonds. The molecule has 1 atom stereocenters. The van der Waals surface area contributed by atoms with E-state index in [9.17, 15) is 18.4 Å². The van der Waals surface area contributed by atoms with Gasteiger partial charge in [-0.25, -0.2) is 8.78 Å². The molecule has 144 valence electrons. The van der Waals surface area contributed by atoms with E-state index in [0.717, 1.165) is 6.07 Å². The maximum atomic E-state index is 14.2. The van der Waals surface area contributed by atoms with Gasteiger partial charge in [0.05, 0.1) is 17.3 Å². The summed E-state index contributed by atoms with van der Waals surface area (Å²) in [5.74, 6) is -1.51. The van der Waals surface area contributed by atoms with Crippen LogP contribution in [0.5, 0.6) is 5.75 Å². The first-order valence-corrected chi connectivity index (χ1v) is 8.87. The topological polar surface area (TPSA) is 84.1 Å². The van der Waals surface area contributed by atoms with Gasteiger partial charge in [0.25, 0.3) is 5.91 Å². The Balaban J connectivity index is 1.99. The molecule has 0 fully saturated rings. The Hall–Kier alpha value is -3.07. The lowest BCUT2D eigenvalue weighted by molar-refractivity contribution is 0.0941. The van der Waals surface area contributed by atoms with Gasteiger partial charge in [-0.2, -0.15) is 0 Å². The predicted molar refractivity (Wildman–Crippen MR) is 101 cm³/mol. The van der Waals surface area contributed by atoms with Crippen molar-refractivity contribution in [1.82, 2.24) is 15.3 Å². The number of aromatic amines is 1. The molecule has 2 aromatic heterocycles. The average molecular weight is 450 g/mol. The summed E-state index contributed by atoms with van der Waals surface area (Å²) in [7, 11) is 0. The number of rotatable bonds is 6. The molecule has 0 saturated heterocycles. The van der Waals surface area contributed by atoms with Crippen LogP contribution in [0.25, 0.3) is 0 Å². The Bertz CT molecular complexity index is 1040. The van der Waals surface area contributed by atoms with Gasteiger partial charge < -0.3 is 15.0 Å². The molecule has 3 rings (SSSR count). The number of pyridine rings is 2. The van der Waals surface area contributed by atoms with Crippen LogP contribution in [0.1, 0.15) is 27.7 Å². The van der Waals surface area contributed by atoms with E-state index in [1.807, 2.05) is 0 Å². The van der Waals surface area contributed by atoms with Crippen LogP contribution < -0.4 is 15.6 Å². The fourth-order valence-electron chi connectivity index (χ4n) is 2.56. The van der Waals surface area contributed by atoms with Gasteiger partial charge in [-0.1, -0.05) is 6.07 Å². The van der Waals surface area contributed by atoms with Gasteiger partial charge in [-0.15, -0.1) is 0 Å². The highest BCUT2D eigenvalue weighted by Crippen LogP contribution is 2.29. The Morgan fingerprint density at radius 2 is 2.11 bits per heavy atom. The first-order valence-electron chi connectivity index (χ1n) is 8.08. The van der Waals surface area contributed by atoms with Gasteiger partial charge in [-0.3, -0.25) is 14.6 Å².